The van der Waals surface area contributed by atoms with E-state index in [2.05, 4.69) is 18.4 Å². The van der Waals surface area contributed by atoms with Crippen LogP contribution in [0.15, 0.2) is 59.7 Å². The smallest absolute Gasteiger partial charge is 0.307 e. The molecule has 0 bridgehead atoms. The molecule has 0 aromatic heterocycles. The molecule has 2 rings (SSSR count). The third-order valence-electron chi connectivity index (χ3n) is 4.47. The van der Waals surface area contributed by atoms with Gasteiger partial charge in [-0.25, -0.2) is 0 Å². The second kappa shape index (κ2) is 13.7. The summed E-state index contributed by atoms with van der Waals surface area (Å²) >= 11 is 5.98. The summed E-state index contributed by atoms with van der Waals surface area (Å²) in [6.45, 7) is 9.42. The van der Waals surface area contributed by atoms with Crippen LogP contribution in [0.3, 0.4) is 0 Å². The number of ether oxygens (including phenoxy) is 2. The van der Waals surface area contributed by atoms with Gasteiger partial charge in [-0.2, -0.15) is 0 Å². The van der Waals surface area contributed by atoms with Crippen molar-refractivity contribution in [3.05, 3.63) is 65.2 Å². The number of halogens is 1. The highest BCUT2D eigenvalue weighted by atomic mass is 35.5. The molecule has 0 saturated heterocycles. The fraction of sp³-hybridized carbons (Fsp3) is 0.400. The molecule has 1 aromatic rings. The standard InChI is InChI=1S/C23H25ClO3.C2H6/c1-4-7-19(16-23(25)26-3)17-11-14-21(15-12-17)27-22-9-6-8-18(22)10-13-20(24)5-2;1-2/h5,10-15,19,22H,2,6,8-9,16H2,1,3H3;1-2H3/b18-10+,20-13+;. The fourth-order valence-electron chi connectivity index (χ4n) is 3.04. The minimum Gasteiger partial charge on any atom is -0.486 e. The van der Waals surface area contributed by atoms with Crippen molar-refractivity contribution >= 4 is 17.6 Å². The van der Waals surface area contributed by atoms with Gasteiger partial charge in [0.1, 0.15) is 11.9 Å². The molecule has 1 aromatic carbocycles. The van der Waals surface area contributed by atoms with E-state index in [1.807, 2.05) is 50.3 Å². The number of carbonyl (C=O) groups is 1. The Bertz CT molecular complexity index is 779. The Morgan fingerprint density at radius 3 is 2.62 bits per heavy atom. The maximum Gasteiger partial charge on any atom is 0.307 e. The molecule has 1 saturated carbocycles. The Hall–Kier alpha value is -2.44. The third-order valence-corrected chi connectivity index (χ3v) is 4.76. The Morgan fingerprint density at radius 1 is 1.34 bits per heavy atom. The van der Waals surface area contributed by atoms with E-state index in [1.54, 1.807) is 13.0 Å². The molecule has 0 N–H and O–H groups in total. The van der Waals surface area contributed by atoms with Gasteiger partial charge in [0.15, 0.2) is 0 Å². The summed E-state index contributed by atoms with van der Waals surface area (Å²) in [5, 5.41) is 0.617. The molecular weight excluding hydrogens is 384 g/mol. The first-order chi connectivity index (χ1) is 14.1. The maximum atomic E-state index is 11.6. The van der Waals surface area contributed by atoms with Gasteiger partial charge in [-0.05, 0) is 55.5 Å². The molecule has 0 amide bonds. The molecule has 1 aliphatic rings. The van der Waals surface area contributed by atoms with Gasteiger partial charge < -0.3 is 9.47 Å². The van der Waals surface area contributed by atoms with Crippen LogP contribution in [-0.2, 0) is 9.53 Å². The molecule has 4 heteroatoms. The van der Waals surface area contributed by atoms with Gasteiger partial charge >= 0.3 is 5.97 Å². The molecule has 3 nitrogen and oxygen atoms in total. The minimum absolute atomic E-state index is 0.0580. The van der Waals surface area contributed by atoms with E-state index in [4.69, 9.17) is 21.1 Å². The first kappa shape index (κ1) is 24.6. The second-order valence-corrected chi connectivity index (χ2v) is 6.73. The Labute approximate surface area is 180 Å². The molecule has 0 aliphatic heterocycles. The molecule has 29 heavy (non-hydrogen) atoms. The zero-order valence-electron chi connectivity index (χ0n) is 17.8. The number of rotatable bonds is 7. The summed E-state index contributed by atoms with van der Waals surface area (Å²) in [5.41, 5.74) is 2.21. The lowest BCUT2D eigenvalue weighted by atomic mass is 9.96. The highest BCUT2D eigenvalue weighted by Gasteiger charge is 2.22. The normalized spacial score (nSPS) is 18.0. The van der Waals surface area contributed by atoms with Gasteiger partial charge in [0.25, 0.3) is 0 Å². The van der Waals surface area contributed by atoms with Gasteiger partial charge in [-0.1, -0.05) is 62.2 Å². The quantitative estimate of drug-likeness (QED) is 0.288. The highest BCUT2D eigenvalue weighted by Crippen LogP contribution is 2.30. The fourth-order valence-corrected chi connectivity index (χ4v) is 3.10. The van der Waals surface area contributed by atoms with Crippen molar-refractivity contribution < 1.29 is 14.3 Å². The number of hydrogen-bond donors (Lipinski definition) is 0. The van der Waals surface area contributed by atoms with Gasteiger partial charge in [-0.15, -0.1) is 5.92 Å². The molecule has 0 spiro atoms. The number of hydrogen-bond acceptors (Lipinski definition) is 3. The van der Waals surface area contributed by atoms with Crippen molar-refractivity contribution in [2.75, 3.05) is 7.11 Å². The summed E-state index contributed by atoms with van der Waals surface area (Å²) in [7, 11) is 1.39. The molecule has 2 unspecified atom stereocenters. The van der Waals surface area contributed by atoms with Gasteiger partial charge in [0.2, 0.25) is 0 Å². The SMILES string of the molecule is C=C/C(Cl)=C\C=C1/CCCC1Oc1ccc(C(C#CC)CC(=O)OC)cc1.CC. The summed E-state index contributed by atoms with van der Waals surface area (Å²) < 4.78 is 10.9. The monoisotopic (exact) mass is 414 g/mol. The molecule has 156 valence electrons. The van der Waals surface area contributed by atoms with Gasteiger partial charge in [0, 0.05) is 5.03 Å². The van der Waals surface area contributed by atoms with E-state index in [0.29, 0.717) is 5.03 Å². The van der Waals surface area contributed by atoms with Gasteiger partial charge in [0.05, 0.1) is 19.4 Å². The molecule has 0 radical (unpaired) electrons. The van der Waals surface area contributed by atoms with Gasteiger partial charge in [-0.3, -0.25) is 4.79 Å². The average molecular weight is 415 g/mol. The van der Waals surface area contributed by atoms with Crippen molar-refractivity contribution in [3.8, 4) is 17.6 Å². The predicted octanol–water partition coefficient (Wildman–Crippen LogP) is 6.55. The predicted molar refractivity (Wildman–Crippen MR) is 121 cm³/mol. The van der Waals surface area contributed by atoms with Crippen LogP contribution < -0.4 is 4.74 Å². The van der Waals surface area contributed by atoms with Crippen LogP contribution in [0.1, 0.15) is 57.9 Å². The Balaban J connectivity index is 0.00000204. The summed E-state index contributed by atoms with van der Waals surface area (Å²) in [6.07, 6.45) is 8.89. The zero-order valence-corrected chi connectivity index (χ0v) is 18.6. The zero-order chi connectivity index (χ0) is 21.6. The van der Waals surface area contributed by atoms with E-state index in [-0.39, 0.29) is 24.4 Å². The summed E-state index contributed by atoms with van der Waals surface area (Å²) in [6, 6.07) is 7.78. The minimum atomic E-state index is -0.268. The van der Waals surface area contributed by atoms with Crippen molar-refractivity contribution in [1.82, 2.24) is 0 Å². The van der Waals surface area contributed by atoms with E-state index in [0.717, 1.165) is 30.6 Å². The van der Waals surface area contributed by atoms with Crippen molar-refractivity contribution in [3.63, 3.8) is 0 Å². The largest absolute Gasteiger partial charge is 0.486 e. The van der Waals surface area contributed by atoms with E-state index in [9.17, 15) is 4.79 Å². The lowest BCUT2D eigenvalue weighted by Crippen LogP contribution is -2.14. The second-order valence-electron chi connectivity index (χ2n) is 6.29. The molecule has 2 atom stereocenters. The third kappa shape index (κ3) is 8.21. The number of allylic oxidation sites excluding steroid dienone is 4. The Kier molecular flexibility index (Phi) is 11.6. The highest BCUT2D eigenvalue weighted by molar-refractivity contribution is 6.31. The molecule has 1 fully saturated rings. The van der Waals surface area contributed by atoms with Crippen LogP contribution in [-0.4, -0.2) is 19.2 Å². The van der Waals surface area contributed by atoms with Crippen molar-refractivity contribution in [2.45, 2.75) is 58.5 Å². The van der Waals surface area contributed by atoms with Crippen LogP contribution >= 0.6 is 11.6 Å². The molecular formula is C25H31ClO3. The van der Waals surface area contributed by atoms with E-state index < -0.39 is 0 Å². The topological polar surface area (TPSA) is 35.5 Å². The number of esters is 1. The van der Waals surface area contributed by atoms with Crippen LogP contribution in [0.5, 0.6) is 5.75 Å². The van der Waals surface area contributed by atoms with Crippen molar-refractivity contribution in [2.24, 2.45) is 0 Å². The number of methoxy groups -OCH3 is 1. The molecule has 1 aliphatic carbocycles. The van der Waals surface area contributed by atoms with Crippen LogP contribution in [0, 0.1) is 11.8 Å². The van der Waals surface area contributed by atoms with Crippen molar-refractivity contribution in [1.29, 1.82) is 0 Å². The first-order valence-corrected chi connectivity index (χ1v) is 10.4. The summed E-state index contributed by atoms with van der Waals surface area (Å²) in [5.74, 6) is 6.31. The molecule has 0 heterocycles. The Morgan fingerprint density at radius 2 is 2.03 bits per heavy atom. The van der Waals surface area contributed by atoms with Crippen LogP contribution in [0.4, 0.5) is 0 Å². The lowest BCUT2D eigenvalue weighted by Gasteiger charge is -2.16. The lowest BCUT2D eigenvalue weighted by molar-refractivity contribution is -0.140. The number of carbonyl (C=O) groups excluding carboxylic acids is 1. The maximum absolute atomic E-state index is 11.6. The summed E-state index contributed by atoms with van der Waals surface area (Å²) in [4.78, 5) is 11.6. The van der Waals surface area contributed by atoms with Crippen LogP contribution in [0.25, 0.3) is 0 Å². The first-order valence-electron chi connectivity index (χ1n) is 10.0. The van der Waals surface area contributed by atoms with E-state index in [1.165, 1.54) is 12.7 Å². The average Bonchev–Trinajstić information content (AvgIpc) is 3.20. The number of benzene rings is 1. The van der Waals surface area contributed by atoms with E-state index >= 15 is 0 Å². The van der Waals surface area contributed by atoms with Crippen LogP contribution in [0.2, 0.25) is 0 Å².